The van der Waals surface area contributed by atoms with Gasteiger partial charge in [0.25, 0.3) is 0 Å². The highest BCUT2D eigenvalue weighted by atomic mass is 16.3. The number of hydrogen-bond donors (Lipinski definition) is 4. The van der Waals surface area contributed by atoms with Gasteiger partial charge in [-0.25, -0.2) is 0 Å². The van der Waals surface area contributed by atoms with Gasteiger partial charge in [-0.3, -0.25) is 9.59 Å². The molecule has 7 heteroatoms. The van der Waals surface area contributed by atoms with Gasteiger partial charge >= 0.3 is 0 Å². The molecule has 7 nitrogen and oxygen atoms in total. The molecule has 0 spiro atoms. The van der Waals surface area contributed by atoms with E-state index in [-0.39, 0.29) is 11.8 Å². The molecule has 1 fully saturated rings. The third kappa shape index (κ3) is 6.26. The molecule has 1 saturated heterocycles. The Morgan fingerprint density at radius 2 is 1.74 bits per heavy atom. The second-order valence-electron chi connectivity index (χ2n) is 9.00. The Kier molecular flexibility index (Phi) is 7.80. The van der Waals surface area contributed by atoms with Gasteiger partial charge in [-0.15, -0.1) is 0 Å². The van der Waals surface area contributed by atoms with E-state index in [1.165, 1.54) is 6.92 Å². The first-order chi connectivity index (χ1) is 16.9. The van der Waals surface area contributed by atoms with Crippen molar-refractivity contribution in [1.29, 1.82) is 0 Å². The Balaban J connectivity index is 1.51. The van der Waals surface area contributed by atoms with Crippen molar-refractivity contribution < 1.29 is 14.7 Å². The lowest BCUT2D eigenvalue weighted by Crippen LogP contribution is -2.63. The fourth-order valence-corrected chi connectivity index (χ4v) is 4.58. The maximum Gasteiger partial charge on any atom is 0.242 e. The molecule has 4 rings (SSSR count). The number of anilines is 1. The Morgan fingerprint density at radius 3 is 2.46 bits per heavy atom. The highest BCUT2D eigenvalue weighted by Crippen LogP contribution is 2.24. The Labute approximate surface area is 206 Å². The number of aliphatic hydroxyl groups excluding tert-OH is 1. The van der Waals surface area contributed by atoms with Crippen molar-refractivity contribution >= 4 is 17.5 Å². The molecule has 0 saturated carbocycles. The molecule has 0 radical (unpaired) electrons. The molecule has 1 heterocycles. The van der Waals surface area contributed by atoms with Crippen LogP contribution in [0.15, 0.2) is 78.9 Å². The van der Waals surface area contributed by atoms with Crippen molar-refractivity contribution in [3.8, 4) is 11.1 Å². The molecule has 35 heavy (non-hydrogen) atoms. The van der Waals surface area contributed by atoms with E-state index in [4.69, 9.17) is 5.73 Å². The fourth-order valence-electron chi connectivity index (χ4n) is 4.58. The number of rotatable bonds is 8. The van der Waals surface area contributed by atoms with Gasteiger partial charge in [0.15, 0.2) is 0 Å². The smallest absolute Gasteiger partial charge is 0.242 e. The molecular weight excluding hydrogens is 440 g/mol. The van der Waals surface area contributed by atoms with Gasteiger partial charge in [-0.05, 0) is 40.8 Å². The Morgan fingerprint density at radius 1 is 1.06 bits per heavy atom. The molecule has 0 aromatic heterocycles. The van der Waals surface area contributed by atoms with E-state index >= 15 is 0 Å². The Bertz CT molecular complexity index is 1170. The average molecular weight is 473 g/mol. The molecule has 0 aliphatic carbocycles. The molecule has 3 aromatic rings. The SMILES string of the molecule is CC(=O)N[C@@H](Cc1cccc(-c2cccc(N)c2)c1)[C@H](O)[C@@H]1NCCN(Cc2ccccc2)C1=O. The van der Waals surface area contributed by atoms with E-state index in [0.717, 1.165) is 22.3 Å². The number of carbonyl (C=O) groups excluding carboxylic acids is 2. The molecule has 5 N–H and O–H groups in total. The van der Waals surface area contributed by atoms with Gasteiger partial charge in [-0.2, -0.15) is 0 Å². The van der Waals surface area contributed by atoms with Crippen LogP contribution in [0.2, 0.25) is 0 Å². The highest BCUT2D eigenvalue weighted by Gasteiger charge is 2.38. The molecular formula is C28H32N4O3. The van der Waals surface area contributed by atoms with Crippen LogP contribution in [0.1, 0.15) is 18.1 Å². The first-order valence-electron chi connectivity index (χ1n) is 11.9. The topological polar surface area (TPSA) is 108 Å². The maximum absolute atomic E-state index is 13.3. The molecule has 1 aliphatic rings. The first kappa shape index (κ1) is 24.4. The van der Waals surface area contributed by atoms with Crippen molar-refractivity contribution in [3.05, 3.63) is 90.0 Å². The normalized spacial score (nSPS) is 17.6. The minimum absolute atomic E-state index is 0.170. The van der Waals surface area contributed by atoms with Crippen LogP contribution in [0.5, 0.6) is 0 Å². The van der Waals surface area contributed by atoms with Gasteiger partial charge in [0, 0.05) is 32.2 Å². The van der Waals surface area contributed by atoms with Gasteiger partial charge in [0.2, 0.25) is 11.8 Å². The monoisotopic (exact) mass is 472 g/mol. The maximum atomic E-state index is 13.3. The van der Waals surface area contributed by atoms with Crippen molar-refractivity contribution in [2.24, 2.45) is 0 Å². The summed E-state index contributed by atoms with van der Waals surface area (Å²) >= 11 is 0. The number of nitrogen functional groups attached to an aromatic ring is 1. The summed E-state index contributed by atoms with van der Waals surface area (Å²) in [6.45, 7) is 3.03. The summed E-state index contributed by atoms with van der Waals surface area (Å²) < 4.78 is 0. The molecule has 2 amide bonds. The van der Waals surface area contributed by atoms with Gasteiger partial charge in [0.05, 0.1) is 12.1 Å². The summed E-state index contributed by atoms with van der Waals surface area (Å²) in [5.41, 5.74) is 10.6. The number of hydrogen-bond acceptors (Lipinski definition) is 5. The second kappa shape index (κ2) is 11.2. The van der Waals surface area contributed by atoms with E-state index in [2.05, 4.69) is 10.6 Å². The summed E-state index contributed by atoms with van der Waals surface area (Å²) in [4.78, 5) is 27.0. The number of piperazine rings is 1. The minimum atomic E-state index is -1.10. The van der Waals surface area contributed by atoms with E-state index in [1.54, 1.807) is 4.90 Å². The summed E-state index contributed by atoms with van der Waals surface area (Å²) in [6.07, 6.45) is -0.720. The standard InChI is InChI=1S/C28H32N4O3/c1-19(33)31-25(16-21-9-5-10-22(15-21)23-11-6-12-24(29)17-23)27(34)26-28(35)32(14-13-30-26)18-20-7-3-2-4-8-20/h2-12,15,17,25-27,30,34H,13-14,16,18,29H2,1H3,(H,31,33)/t25-,26-,27-/m0/s1. The van der Waals surface area contributed by atoms with Crippen molar-refractivity contribution in [3.63, 3.8) is 0 Å². The fraction of sp³-hybridized carbons (Fsp3) is 0.286. The first-order valence-corrected chi connectivity index (χ1v) is 11.9. The lowest BCUT2D eigenvalue weighted by molar-refractivity contribution is -0.141. The van der Waals surface area contributed by atoms with Crippen LogP contribution in [-0.2, 0) is 22.6 Å². The quantitative estimate of drug-likeness (QED) is 0.377. The van der Waals surface area contributed by atoms with Crippen LogP contribution in [0.4, 0.5) is 5.69 Å². The van der Waals surface area contributed by atoms with Crippen LogP contribution in [-0.4, -0.2) is 53.1 Å². The molecule has 0 bridgehead atoms. The number of nitrogens with two attached hydrogens (primary N) is 1. The molecule has 182 valence electrons. The van der Waals surface area contributed by atoms with E-state index in [9.17, 15) is 14.7 Å². The van der Waals surface area contributed by atoms with E-state index in [1.807, 2.05) is 78.9 Å². The molecule has 3 aromatic carbocycles. The number of amides is 2. The van der Waals surface area contributed by atoms with Gasteiger partial charge in [0.1, 0.15) is 6.04 Å². The third-order valence-corrected chi connectivity index (χ3v) is 6.28. The number of carbonyl (C=O) groups is 2. The van der Waals surface area contributed by atoms with Crippen LogP contribution in [0.25, 0.3) is 11.1 Å². The molecule has 1 aliphatic heterocycles. The predicted molar refractivity (Wildman–Crippen MR) is 137 cm³/mol. The molecule has 3 atom stereocenters. The average Bonchev–Trinajstić information content (AvgIpc) is 2.85. The van der Waals surface area contributed by atoms with Crippen LogP contribution in [0, 0.1) is 0 Å². The zero-order valence-corrected chi connectivity index (χ0v) is 19.9. The van der Waals surface area contributed by atoms with Crippen LogP contribution in [0.3, 0.4) is 0 Å². The largest absolute Gasteiger partial charge is 0.399 e. The summed E-state index contributed by atoms with van der Waals surface area (Å²) in [6, 6.07) is 23.9. The zero-order chi connectivity index (χ0) is 24.8. The number of nitrogens with one attached hydrogen (secondary N) is 2. The van der Waals surface area contributed by atoms with Gasteiger partial charge < -0.3 is 26.4 Å². The number of nitrogens with zero attached hydrogens (tertiary/aromatic N) is 1. The van der Waals surface area contributed by atoms with Crippen molar-refractivity contribution in [2.75, 3.05) is 18.8 Å². The number of benzene rings is 3. The second-order valence-corrected chi connectivity index (χ2v) is 9.00. The van der Waals surface area contributed by atoms with Gasteiger partial charge in [-0.1, -0.05) is 66.7 Å². The molecule has 0 unspecified atom stereocenters. The summed E-state index contributed by atoms with van der Waals surface area (Å²) in [5, 5.41) is 17.3. The lowest BCUT2D eigenvalue weighted by atomic mass is 9.92. The highest BCUT2D eigenvalue weighted by molar-refractivity contribution is 5.83. The van der Waals surface area contributed by atoms with Crippen molar-refractivity contribution in [2.45, 2.75) is 38.1 Å². The van der Waals surface area contributed by atoms with Crippen LogP contribution >= 0.6 is 0 Å². The predicted octanol–water partition coefficient (Wildman–Crippen LogP) is 2.34. The zero-order valence-electron chi connectivity index (χ0n) is 19.9. The van der Waals surface area contributed by atoms with Crippen molar-refractivity contribution in [1.82, 2.24) is 15.5 Å². The number of aliphatic hydroxyl groups is 1. The lowest BCUT2D eigenvalue weighted by Gasteiger charge is -2.38. The summed E-state index contributed by atoms with van der Waals surface area (Å²) in [7, 11) is 0. The van der Waals surface area contributed by atoms with E-state index in [0.29, 0.717) is 31.7 Å². The third-order valence-electron chi connectivity index (χ3n) is 6.28. The summed E-state index contributed by atoms with van der Waals surface area (Å²) in [5.74, 6) is -0.429. The van der Waals surface area contributed by atoms with E-state index < -0.39 is 18.2 Å². The Hall–Kier alpha value is -3.68. The minimum Gasteiger partial charge on any atom is -0.399 e. The van der Waals surface area contributed by atoms with Crippen LogP contribution < -0.4 is 16.4 Å².